The third kappa shape index (κ3) is 2.82. The van der Waals surface area contributed by atoms with Gasteiger partial charge in [0.2, 0.25) is 5.78 Å². The summed E-state index contributed by atoms with van der Waals surface area (Å²) in [5, 5.41) is 3.85. The van der Waals surface area contributed by atoms with E-state index in [1.165, 1.54) is 7.11 Å². The summed E-state index contributed by atoms with van der Waals surface area (Å²) in [6.07, 6.45) is 3.75. The van der Waals surface area contributed by atoms with Crippen LogP contribution >= 0.6 is 0 Å². The summed E-state index contributed by atoms with van der Waals surface area (Å²) in [5.41, 5.74) is 0.669. The molecule has 5 nitrogen and oxygen atoms in total. The molecule has 0 amide bonds. The number of hydrogen-bond donors (Lipinski definition) is 0. The first-order valence-electron chi connectivity index (χ1n) is 6.63. The zero-order valence-corrected chi connectivity index (χ0v) is 12.6. The maximum Gasteiger partial charge on any atom is 0.218 e. The molecule has 1 heterocycles. The molecule has 0 radical (unpaired) electrons. The number of ether oxygens (including phenoxy) is 1. The van der Waals surface area contributed by atoms with Crippen molar-refractivity contribution in [2.45, 2.75) is 23.7 Å². The summed E-state index contributed by atoms with van der Waals surface area (Å²) in [6.45, 7) is 0. The van der Waals surface area contributed by atoms with Crippen molar-refractivity contribution in [3.8, 4) is 5.75 Å². The van der Waals surface area contributed by atoms with Crippen LogP contribution in [0.2, 0.25) is 0 Å². The smallest absolute Gasteiger partial charge is 0.218 e. The van der Waals surface area contributed by atoms with Crippen molar-refractivity contribution in [2.24, 2.45) is 0 Å². The van der Waals surface area contributed by atoms with Crippen molar-refractivity contribution in [1.82, 2.24) is 5.16 Å². The maximum atomic E-state index is 12.5. The molecule has 0 N–H and O–H groups in total. The van der Waals surface area contributed by atoms with Crippen LogP contribution in [0.1, 0.15) is 40.6 Å². The second-order valence-corrected chi connectivity index (χ2v) is 6.41. The van der Waals surface area contributed by atoms with Gasteiger partial charge in [0, 0.05) is 18.1 Å². The highest BCUT2D eigenvalue weighted by molar-refractivity contribution is 7.90. The number of carbonyl (C=O) groups is 1. The van der Waals surface area contributed by atoms with Gasteiger partial charge in [-0.3, -0.25) is 4.79 Å². The monoisotopic (exact) mass is 305 g/mol. The summed E-state index contributed by atoms with van der Waals surface area (Å²) in [4.78, 5) is 13.1. The van der Waals surface area contributed by atoms with E-state index in [-0.39, 0.29) is 11.5 Å². The molecule has 1 atom stereocenters. The predicted molar refractivity (Wildman–Crippen MR) is 77.2 cm³/mol. The molecule has 6 heteroatoms. The Morgan fingerprint density at radius 3 is 2.81 bits per heavy atom. The van der Waals surface area contributed by atoms with Gasteiger partial charge in [-0.1, -0.05) is 5.16 Å². The van der Waals surface area contributed by atoms with E-state index in [9.17, 15) is 9.35 Å². The fourth-order valence-electron chi connectivity index (χ4n) is 2.13. The molecule has 0 aliphatic heterocycles. The summed E-state index contributed by atoms with van der Waals surface area (Å²) in [5.74, 6) is 1.31. The molecular formula is C15H15NO4S. The zero-order chi connectivity index (χ0) is 15.0. The Morgan fingerprint density at radius 1 is 1.43 bits per heavy atom. The number of aromatic nitrogens is 1. The summed E-state index contributed by atoms with van der Waals surface area (Å²) < 4.78 is 21.9. The van der Waals surface area contributed by atoms with Crippen molar-refractivity contribution >= 4 is 17.0 Å². The van der Waals surface area contributed by atoms with E-state index >= 15 is 0 Å². The fourth-order valence-corrected chi connectivity index (χ4v) is 2.67. The maximum absolute atomic E-state index is 12.5. The molecule has 1 fully saturated rings. The van der Waals surface area contributed by atoms with Crippen LogP contribution in [0.5, 0.6) is 5.75 Å². The van der Waals surface area contributed by atoms with E-state index in [4.69, 9.17) is 9.26 Å². The van der Waals surface area contributed by atoms with Gasteiger partial charge < -0.3 is 13.8 Å². The van der Waals surface area contributed by atoms with E-state index in [0.717, 1.165) is 18.6 Å². The normalized spacial score (nSPS) is 15.8. The lowest BCUT2D eigenvalue weighted by atomic mass is 10.1. The van der Waals surface area contributed by atoms with Crippen LogP contribution in [0.4, 0.5) is 0 Å². The first-order valence-corrected chi connectivity index (χ1v) is 8.18. The standard InChI is InChI=1S/C15H15NO4S/c1-19-14-7-10(21(2)18)5-6-11(14)15(17)12-8-13(20-16-12)9-3-4-9/h5-9H,3-4H2,1-2H3. The van der Waals surface area contributed by atoms with Crippen LogP contribution in [0.25, 0.3) is 0 Å². The number of methoxy groups -OCH3 is 1. The molecule has 0 saturated heterocycles. The predicted octanol–water partition coefficient (Wildman–Crippen LogP) is 2.53. The summed E-state index contributed by atoms with van der Waals surface area (Å²) in [6, 6.07) is 6.59. The van der Waals surface area contributed by atoms with Crippen molar-refractivity contribution in [2.75, 3.05) is 13.4 Å². The average Bonchev–Trinajstić information content (AvgIpc) is 3.23. The summed E-state index contributed by atoms with van der Waals surface area (Å²) >= 11 is -1.13. The van der Waals surface area contributed by atoms with E-state index < -0.39 is 11.2 Å². The highest BCUT2D eigenvalue weighted by atomic mass is 32.2. The average molecular weight is 305 g/mol. The molecule has 0 bridgehead atoms. The molecule has 1 aliphatic rings. The van der Waals surface area contributed by atoms with E-state index in [2.05, 4.69) is 5.16 Å². The molecule has 110 valence electrons. The first kappa shape index (κ1) is 14.2. The molecular weight excluding hydrogens is 290 g/mol. The lowest BCUT2D eigenvalue weighted by Gasteiger charge is -2.09. The largest absolute Gasteiger partial charge is 0.612 e. The topological polar surface area (TPSA) is 75.4 Å². The van der Waals surface area contributed by atoms with Gasteiger partial charge in [0.25, 0.3) is 0 Å². The molecule has 3 rings (SSSR count). The Hall–Kier alpha value is -1.79. The minimum absolute atomic E-state index is 0.254. The third-order valence-corrected chi connectivity index (χ3v) is 4.41. The van der Waals surface area contributed by atoms with Gasteiger partial charge in [0.15, 0.2) is 10.6 Å². The van der Waals surface area contributed by atoms with E-state index in [1.807, 2.05) is 0 Å². The van der Waals surface area contributed by atoms with Crippen LogP contribution in [-0.2, 0) is 11.2 Å². The second-order valence-electron chi connectivity index (χ2n) is 5.03. The molecule has 21 heavy (non-hydrogen) atoms. The van der Waals surface area contributed by atoms with Gasteiger partial charge in [0.05, 0.1) is 12.7 Å². The number of benzene rings is 1. The molecule has 1 unspecified atom stereocenters. The molecule has 0 spiro atoms. The quantitative estimate of drug-likeness (QED) is 0.627. The van der Waals surface area contributed by atoms with Crippen LogP contribution in [0.3, 0.4) is 0 Å². The van der Waals surface area contributed by atoms with Gasteiger partial charge in [-0.15, -0.1) is 0 Å². The van der Waals surface area contributed by atoms with Crippen molar-refractivity contribution in [3.05, 3.63) is 41.3 Å². The van der Waals surface area contributed by atoms with E-state index in [1.54, 1.807) is 30.5 Å². The van der Waals surface area contributed by atoms with E-state index in [0.29, 0.717) is 22.1 Å². The SMILES string of the molecule is COc1cc([S+](C)[O-])ccc1C(=O)c1cc(C2CC2)on1. The lowest BCUT2D eigenvalue weighted by molar-refractivity contribution is 0.102. The minimum atomic E-state index is -1.13. The molecule has 1 aromatic heterocycles. The number of carbonyl (C=O) groups excluding carboxylic acids is 1. The Bertz CT molecular complexity index is 676. The second kappa shape index (κ2) is 5.54. The number of nitrogens with zero attached hydrogens (tertiary/aromatic N) is 1. The third-order valence-electron chi connectivity index (χ3n) is 3.49. The summed E-state index contributed by atoms with van der Waals surface area (Å²) in [7, 11) is 1.48. The fraction of sp³-hybridized carbons (Fsp3) is 0.333. The van der Waals surface area contributed by atoms with Gasteiger partial charge in [-0.25, -0.2) is 0 Å². The van der Waals surface area contributed by atoms with Gasteiger partial charge in [-0.2, -0.15) is 0 Å². The Labute approximate surface area is 125 Å². The Kier molecular flexibility index (Phi) is 3.73. The van der Waals surface area contributed by atoms with Gasteiger partial charge in [0.1, 0.15) is 17.8 Å². The number of hydrogen-bond acceptors (Lipinski definition) is 5. The molecule has 1 aliphatic carbocycles. The number of ketones is 1. The van der Waals surface area contributed by atoms with Crippen LogP contribution < -0.4 is 4.74 Å². The lowest BCUT2D eigenvalue weighted by Crippen LogP contribution is -2.06. The van der Waals surface area contributed by atoms with Gasteiger partial charge >= 0.3 is 0 Å². The Balaban J connectivity index is 1.92. The zero-order valence-electron chi connectivity index (χ0n) is 11.8. The minimum Gasteiger partial charge on any atom is -0.612 e. The van der Waals surface area contributed by atoms with Crippen LogP contribution in [0, 0.1) is 0 Å². The first-order chi connectivity index (χ1) is 10.1. The Morgan fingerprint density at radius 2 is 2.19 bits per heavy atom. The van der Waals surface area contributed by atoms with Crippen LogP contribution in [-0.4, -0.2) is 28.9 Å². The number of rotatable bonds is 5. The van der Waals surface area contributed by atoms with Crippen molar-refractivity contribution in [1.29, 1.82) is 0 Å². The molecule has 2 aromatic rings. The highest BCUT2D eigenvalue weighted by Gasteiger charge is 2.29. The van der Waals surface area contributed by atoms with Crippen molar-refractivity contribution < 1.29 is 18.6 Å². The van der Waals surface area contributed by atoms with Crippen molar-refractivity contribution in [3.63, 3.8) is 0 Å². The highest BCUT2D eigenvalue weighted by Crippen LogP contribution is 2.40. The van der Waals surface area contributed by atoms with Crippen LogP contribution in [0.15, 0.2) is 33.7 Å². The molecule has 1 aromatic carbocycles. The molecule has 1 saturated carbocycles. The van der Waals surface area contributed by atoms with Gasteiger partial charge in [-0.05, 0) is 36.2 Å².